The van der Waals surface area contributed by atoms with Crippen LogP contribution in [0.1, 0.15) is 60.7 Å². The molecule has 1 spiro atoms. The van der Waals surface area contributed by atoms with E-state index in [2.05, 4.69) is 6.07 Å². The lowest BCUT2D eigenvalue weighted by molar-refractivity contribution is -0.0872. The fourth-order valence-electron chi connectivity index (χ4n) is 4.82. The number of carbonyl (C=O) groups excluding carboxylic acids is 1. The molecule has 1 amide bonds. The van der Waals surface area contributed by atoms with Gasteiger partial charge in [-0.2, -0.15) is 0 Å². The topological polar surface area (TPSA) is 72.9 Å². The summed E-state index contributed by atoms with van der Waals surface area (Å²) < 4.78 is 36.5. The predicted molar refractivity (Wildman–Crippen MR) is 123 cm³/mol. The van der Waals surface area contributed by atoms with Gasteiger partial charge in [-0.25, -0.2) is 8.42 Å². The molecule has 0 N–H and O–H groups in total. The maximum Gasteiger partial charge on any atom is 0.253 e. The van der Waals surface area contributed by atoms with Crippen molar-refractivity contribution in [3.05, 3.63) is 59.2 Å². The number of fused-ring (bicyclic) bond motifs is 1. The molecule has 2 aromatic rings. The van der Waals surface area contributed by atoms with Crippen LogP contribution in [0.4, 0.5) is 0 Å². The zero-order valence-corrected chi connectivity index (χ0v) is 19.9. The molecule has 2 aliphatic rings. The number of benzene rings is 2. The minimum Gasteiger partial charge on any atom is -0.487 e. The molecule has 0 aliphatic carbocycles. The molecule has 2 heterocycles. The number of ether oxygens (including phenoxy) is 2. The molecule has 6 nitrogen and oxygen atoms in total. The Morgan fingerprint density at radius 3 is 2.47 bits per heavy atom. The smallest absolute Gasteiger partial charge is 0.253 e. The average Bonchev–Trinajstić information content (AvgIpc) is 2.72. The van der Waals surface area contributed by atoms with Gasteiger partial charge in [0.1, 0.15) is 11.4 Å². The van der Waals surface area contributed by atoms with E-state index < -0.39 is 9.84 Å². The third kappa shape index (κ3) is 4.55. The lowest BCUT2D eigenvalue weighted by Gasteiger charge is -2.47. The van der Waals surface area contributed by atoms with E-state index in [9.17, 15) is 13.2 Å². The Bertz CT molecular complexity index is 1120. The van der Waals surface area contributed by atoms with E-state index in [0.717, 1.165) is 30.6 Å². The number of aryl methyl sites for hydroxylation is 1. The van der Waals surface area contributed by atoms with Gasteiger partial charge in [0.05, 0.1) is 17.1 Å². The fraction of sp³-hybridized carbons (Fsp3) is 0.480. The highest BCUT2D eigenvalue weighted by molar-refractivity contribution is 7.90. The lowest BCUT2D eigenvalue weighted by Crippen LogP contribution is -2.52. The van der Waals surface area contributed by atoms with Crippen LogP contribution in [0.25, 0.3) is 0 Å². The molecule has 0 saturated carbocycles. The second-order valence-electron chi connectivity index (χ2n) is 9.25. The fourth-order valence-corrected chi connectivity index (χ4v) is 5.78. The average molecular weight is 458 g/mol. The van der Waals surface area contributed by atoms with Gasteiger partial charge in [-0.15, -0.1) is 0 Å². The molecule has 7 heteroatoms. The molecular weight excluding hydrogens is 426 g/mol. The van der Waals surface area contributed by atoms with Crippen LogP contribution in [-0.4, -0.2) is 50.3 Å². The summed E-state index contributed by atoms with van der Waals surface area (Å²) >= 11 is 0. The van der Waals surface area contributed by atoms with Crippen LogP contribution in [0, 0.1) is 6.92 Å². The molecule has 1 fully saturated rings. The van der Waals surface area contributed by atoms with Crippen molar-refractivity contribution in [3.8, 4) is 5.75 Å². The van der Waals surface area contributed by atoms with E-state index >= 15 is 0 Å². The van der Waals surface area contributed by atoms with Crippen molar-refractivity contribution in [1.82, 2.24) is 4.90 Å². The Kier molecular flexibility index (Phi) is 6.07. The number of para-hydroxylation sites is 1. The molecule has 2 aliphatic heterocycles. The van der Waals surface area contributed by atoms with Gasteiger partial charge in [0, 0.05) is 49.7 Å². The Morgan fingerprint density at radius 1 is 1.16 bits per heavy atom. The zero-order chi connectivity index (χ0) is 23.1. The summed E-state index contributed by atoms with van der Waals surface area (Å²) in [5, 5.41) is 0. The van der Waals surface area contributed by atoms with Crippen LogP contribution < -0.4 is 4.74 Å². The van der Waals surface area contributed by atoms with Crippen LogP contribution in [0.5, 0.6) is 5.75 Å². The number of amides is 1. The maximum atomic E-state index is 13.1. The molecule has 4 rings (SSSR count). The summed E-state index contributed by atoms with van der Waals surface area (Å²) in [5.41, 5.74) is 1.85. The number of sulfone groups is 1. The molecule has 0 radical (unpaired) electrons. The van der Waals surface area contributed by atoms with Crippen LogP contribution in [0.15, 0.2) is 47.4 Å². The number of piperidine rings is 1. The number of hydrogen-bond donors (Lipinski definition) is 0. The van der Waals surface area contributed by atoms with Crippen molar-refractivity contribution in [3.63, 3.8) is 0 Å². The summed E-state index contributed by atoms with van der Waals surface area (Å²) in [6.07, 6.45) is 3.50. The van der Waals surface area contributed by atoms with Crippen molar-refractivity contribution >= 4 is 15.7 Å². The highest BCUT2D eigenvalue weighted by Gasteiger charge is 2.44. The molecule has 0 aromatic heterocycles. The number of hydrogen-bond acceptors (Lipinski definition) is 5. The maximum absolute atomic E-state index is 13.1. The monoisotopic (exact) mass is 457 g/mol. The first-order chi connectivity index (χ1) is 15.1. The van der Waals surface area contributed by atoms with Crippen molar-refractivity contribution in [2.75, 3.05) is 19.3 Å². The van der Waals surface area contributed by atoms with Gasteiger partial charge in [0.25, 0.3) is 5.91 Å². The molecule has 32 heavy (non-hydrogen) atoms. The first-order valence-corrected chi connectivity index (χ1v) is 13.0. The van der Waals surface area contributed by atoms with Gasteiger partial charge in [-0.3, -0.25) is 4.79 Å². The highest BCUT2D eigenvalue weighted by atomic mass is 32.2. The van der Waals surface area contributed by atoms with E-state index in [0.29, 0.717) is 24.2 Å². The molecule has 0 bridgehead atoms. The third-order valence-corrected chi connectivity index (χ3v) is 7.63. The second-order valence-corrected chi connectivity index (χ2v) is 11.2. The molecule has 172 valence electrons. The number of rotatable bonds is 4. The van der Waals surface area contributed by atoms with E-state index in [4.69, 9.17) is 9.47 Å². The number of nitrogens with zero attached hydrogens (tertiary/aromatic N) is 1. The van der Waals surface area contributed by atoms with Gasteiger partial charge < -0.3 is 14.4 Å². The summed E-state index contributed by atoms with van der Waals surface area (Å²) in [6.45, 7) is 6.98. The molecule has 1 atom stereocenters. The first kappa shape index (κ1) is 22.8. The minimum absolute atomic E-state index is 0.0200. The largest absolute Gasteiger partial charge is 0.487 e. The lowest BCUT2D eigenvalue weighted by atomic mass is 9.81. The summed E-state index contributed by atoms with van der Waals surface area (Å²) in [4.78, 5) is 15.2. The zero-order valence-electron chi connectivity index (χ0n) is 19.1. The summed E-state index contributed by atoms with van der Waals surface area (Å²) in [5.74, 6) is 0.797. The Balaban J connectivity index is 1.49. The van der Waals surface area contributed by atoms with E-state index in [1.807, 2.05) is 36.9 Å². The molecule has 1 saturated heterocycles. The Labute approximate surface area is 190 Å². The number of likely N-dealkylation sites (tertiary alicyclic amines) is 1. The van der Waals surface area contributed by atoms with Gasteiger partial charge in [-0.05, 0) is 50.6 Å². The predicted octanol–water partition coefficient (Wildman–Crippen LogP) is 4.32. The van der Waals surface area contributed by atoms with Crippen LogP contribution >= 0.6 is 0 Å². The van der Waals surface area contributed by atoms with E-state index in [-0.39, 0.29) is 28.6 Å². The molecular formula is C25H31NO5S. The standard InChI is InChI=1S/C25H31NO5S/c1-17(2)30-22-16-25(31-21-8-6-5-7-20(21)22)11-13-26(14-12-25)24(27)19-9-10-23(18(3)15-19)32(4,28)29/h5-10,15,17,22H,11-14,16H2,1-4H3/t22-/m1/s1. The van der Waals surface area contributed by atoms with Crippen LogP contribution in [-0.2, 0) is 14.6 Å². The SMILES string of the molecule is Cc1cc(C(=O)N2CCC3(CC2)C[C@@H](OC(C)C)c2ccccc2O3)ccc1S(C)(=O)=O. The number of carbonyl (C=O) groups is 1. The van der Waals surface area contributed by atoms with Gasteiger partial charge in [0.2, 0.25) is 0 Å². The normalized spacial score (nSPS) is 20.2. The molecule has 0 unspecified atom stereocenters. The van der Waals surface area contributed by atoms with Crippen LogP contribution in [0.3, 0.4) is 0 Å². The van der Waals surface area contributed by atoms with Crippen molar-refractivity contribution < 1.29 is 22.7 Å². The van der Waals surface area contributed by atoms with Crippen molar-refractivity contribution in [1.29, 1.82) is 0 Å². The van der Waals surface area contributed by atoms with E-state index in [1.165, 1.54) is 12.3 Å². The molecule has 2 aromatic carbocycles. The summed E-state index contributed by atoms with van der Waals surface area (Å²) in [6, 6.07) is 12.9. The Hall–Kier alpha value is -2.38. The van der Waals surface area contributed by atoms with Crippen LogP contribution in [0.2, 0.25) is 0 Å². The second kappa shape index (κ2) is 8.52. The minimum atomic E-state index is -3.31. The van der Waals surface area contributed by atoms with Gasteiger partial charge in [0.15, 0.2) is 9.84 Å². The Morgan fingerprint density at radius 2 is 1.84 bits per heavy atom. The first-order valence-electron chi connectivity index (χ1n) is 11.1. The van der Waals surface area contributed by atoms with E-state index in [1.54, 1.807) is 19.1 Å². The van der Waals surface area contributed by atoms with Gasteiger partial charge >= 0.3 is 0 Å². The quantitative estimate of drug-likeness (QED) is 0.684. The highest BCUT2D eigenvalue weighted by Crippen LogP contribution is 2.46. The third-order valence-electron chi connectivity index (χ3n) is 6.37. The van der Waals surface area contributed by atoms with Crippen molar-refractivity contribution in [2.45, 2.75) is 62.7 Å². The van der Waals surface area contributed by atoms with Gasteiger partial charge in [-0.1, -0.05) is 18.2 Å². The summed E-state index contributed by atoms with van der Waals surface area (Å²) in [7, 11) is -3.31. The van der Waals surface area contributed by atoms with Crippen molar-refractivity contribution in [2.24, 2.45) is 0 Å².